The Morgan fingerprint density at radius 2 is 1.91 bits per heavy atom. The highest BCUT2D eigenvalue weighted by molar-refractivity contribution is 7.10. The molecule has 2 aromatic rings. The van der Waals surface area contributed by atoms with Gasteiger partial charge in [-0.15, -0.1) is 11.3 Å². The molecule has 0 aliphatic heterocycles. The van der Waals surface area contributed by atoms with Crippen LogP contribution in [0.5, 0.6) is 0 Å². The van der Waals surface area contributed by atoms with Gasteiger partial charge in [-0.3, -0.25) is 4.99 Å². The van der Waals surface area contributed by atoms with E-state index in [1.165, 1.54) is 23.1 Å². The lowest BCUT2D eigenvalue weighted by molar-refractivity contribution is 0.552. The molecule has 0 saturated carbocycles. The number of hydrogen-bond acceptors (Lipinski definition) is 2. The summed E-state index contributed by atoms with van der Waals surface area (Å²) in [5, 5.41) is 8.37. The summed E-state index contributed by atoms with van der Waals surface area (Å²) in [6, 6.07) is 8.05. The van der Waals surface area contributed by atoms with Gasteiger partial charge in [-0.25, -0.2) is 8.78 Å². The fourth-order valence-electron chi connectivity index (χ4n) is 2.22. The molecule has 0 fully saturated rings. The minimum absolute atomic E-state index is 0.0995. The van der Waals surface area contributed by atoms with Crippen LogP contribution in [0, 0.1) is 11.6 Å². The van der Waals surface area contributed by atoms with Gasteiger partial charge in [0.25, 0.3) is 0 Å². The molecule has 0 saturated heterocycles. The standard InChI is InChI=1S/C17H21F2N3S/c1-12(16-7-4-10-23-16)11-22-17(20-2)21-9-8-13-14(18)5-3-6-15(13)19/h3-7,10,12H,8-9,11H2,1-2H3,(H2,20,21,22). The molecule has 2 rings (SSSR count). The van der Waals surface area contributed by atoms with E-state index in [2.05, 4.69) is 34.0 Å². The van der Waals surface area contributed by atoms with Gasteiger partial charge in [0.05, 0.1) is 0 Å². The first kappa shape index (κ1) is 17.4. The van der Waals surface area contributed by atoms with Crippen molar-refractivity contribution in [2.24, 2.45) is 4.99 Å². The molecule has 1 aromatic carbocycles. The Morgan fingerprint density at radius 1 is 1.17 bits per heavy atom. The van der Waals surface area contributed by atoms with E-state index < -0.39 is 11.6 Å². The molecule has 0 aliphatic rings. The minimum atomic E-state index is -0.513. The summed E-state index contributed by atoms with van der Waals surface area (Å²) in [4.78, 5) is 5.43. The van der Waals surface area contributed by atoms with E-state index in [1.54, 1.807) is 18.4 Å². The van der Waals surface area contributed by atoms with Gasteiger partial charge < -0.3 is 10.6 Å². The predicted molar refractivity (Wildman–Crippen MR) is 92.2 cm³/mol. The van der Waals surface area contributed by atoms with Crippen molar-refractivity contribution in [1.29, 1.82) is 0 Å². The first-order chi connectivity index (χ1) is 11.1. The Morgan fingerprint density at radius 3 is 2.52 bits per heavy atom. The number of aliphatic imine (C=N–C) groups is 1. The summed E-state index contributed by atoms with van der Waals surface area (Å²) in [5.74, 6) is -0.0233. The van der Waals surface area contributed by atoms with Crippen LogP contribution in [-0.2, 0) is 6.42 Å². The first-order valence-electron chi connectivity index (χ1n) is 7.52. The normalized spacial score (nSPS) is 13.0. The summed E-state index contributed by atoms with van der Waals surface area (Å²) in [6.07, 6.45) is 0.264. The fraction of sp³-hybridized carbons (Fsp3) is 0.353. The molecule has 6 heteroatoms. The van der Waals surface area contributed by atoms with Gasteiger partial charge in [-0.2, -0.15) is 0 Å². The Balaban J connectivity index is 1.79. The van der Waals surface area contributed by atoms with Crippen LogP contribution in [-0.4, -0.2) is 26.1 Å². The lowest BCUT2D eigenvalue weighted by Crippen LogP contribution is -2.40. The quantitative estimate of drug-likeness (QED) is 0.625. The third-order valence-electron chi connectivity index (χ3n) is 3.56. The molecule has 23 heavy (non-hydrogen) atoms. The number of thiophene rings is 1. The highest BCUT2D eigenvalue weighted by Gasteiger charge is 2.09. The minimum Gasteiger partial charge on any atom is -0.356 e. The first-order valence-corrected chi connectivity index (χ1v) is 8.40. The Kier molecular flexibility index (Phi) is 6.52. The van der Waals surface area contributed by atoms with Crippen LogP contribution in [0.3, 0.4) is 0 Å². The second kappa shape index (κ2) is 8.62. The Hall–Kier alpha value is -1.95. The third kappa shape index (κ3) is 5.03. The molecule has 0 amide bonds. The molecule has 1 unspecified atom stereocenters. The van der Waals surface area contributed by atoms with Crippen molar-refractivity contribution in [3.05, 3.63) is 57.8 Å². The van der Waals surface area contributed by atoms with Crippen molar-refractivity contribution in [2.75, 3.05) is 20.1 Å². The van der Waals surface area contributed by atoms with Crippen molar-refractivity contribution < 1.29 is 8.78 Å². The van der Waals surface area contributed by atoms with E-state index in [0.29, 0.717) is 18.4 Å². The number of nitrogens with one attached hydrogen (secondary N) is 2. The maximum Gasteiger partial charge on any atom is 0.191 e. The maximum absolute atomic E-state index is 13.6. The largest absolute Gasteiger partial charge is 0.356 e. The summed E-state index contributed by atoms with van der Waals surface area (Å²) in [6.45, 7) is 3.29. The summed E-state index contributed by atoms with van der Waals surface area (Å²) >= 11 is 1.73. The molecular weight excluding hydrogens is 316 g/mol. The third-order valence-corrected chi connectivity index (χ3v) is 4.66. The van der Waals surface area contributed by atoms with E-state index in [0.717, 1.165) is 6.54 Å². The van der Waals surface area contributed by atoms with E-state index >= 15 is 0 Å². The number of halogens is 2. The van der Waals surface area contributed by atoms with Gasteiger partial charge in [0.2, 0.25) is 0 Å². The molecular formula is C17H21F2N3S. The second-order valence-electron chi connectivity index (χ2n) is 5.25. The van der Waals surface area contributed by atoms with Crippen LogP contribution in [0.1, 0.15) is 23.3 Å². The zero-order valence-electron chi connectivity index (χ0n) is 13.3. The maximum atomic E-state index is 13.6. The van der Waals surface area contributed by atoms with E-state index in [9.17, 15) is 8.78 Å². The van der Waals surface area contributed by atoms with Crippen molar-refractivity contribution in [3.8, 4) is 0 Å². The number of rotatable bonds is 6. The van der Waals surface area contributed by atoms with Gasteiger partial charge in [0.1, 0.15) is 11.6 Å². The smallest absolute Gasteiger partial charge is 0.191 e. The zero-order chi connectivity index (χ0) is 16.7. The van der Waals surface area contributed by atoms with Crippen molar-refractivity contribution >= 4 is 17.3 Å². The van der Waals surface area contributed by atoms with Crippen molar-refractivity contribution in [1.82, 2.24) is 10.6 Å². The van der Waals surface area contributed by atoms with Crippen molar-refractivity contribution in [2.45, 2.75) is 19.3 Å². The van der Waals surface area contributed by atoms with Gasteiger partial charge in [-0.05, 0) is 30.0 Å². The van der Waals surface area contributed by atoms with Crippen LogP contribution < -0.4 is 10.6 Å². The molecule has 124 valence electrons. The van der Waals surface area contributed by atoms with Gasteiger partial charge in [0, 0.05) is 36.5 Å². The molecule has 1 heterocycles. The lowest BCUT2D eigenvalue weighted by atomic mass is 10.1. The SMILES string of the molecule is CN=C(NCCc1c(F)cccc1F)NCC(C)c1cccs1. The monoisotopic (exact) mass is 337 g/mol. The fourth-order valence-corrected chi connectivity index (χ4v) is 3.01. The molecule has 0 bridgehead atoms. The van der Waals surface area contributed by atoms with E-state index in [4.69, 9.17) is 0 Å². The molecule has 2 N–H and O–H groups in total. The molecule has 3 nitrogen and oxygen atoms in total. The van der Waals surface area contributed by atoms with E-state index in [-0.39, 0.29) is 12.0 Å². The molecule has 0 radical (unpaired) electrons. The highest BCUT2D eigenvalue weighted by atomic mass is 32.1. The summed E-state index contributed by atoms with van der Waals surface area (Å²) < 4.78 is 27.1. The number of benzene rings is 1. The van der Waals surface area contributed by atoms with Crippen molar-refractivity contribution in [3.63, 3.8) is 0 Å². The highest BCUT2D eigenvalue weighted by Crippen LogP contribution is 2.19. The Labute approximate surface area is 139 Å². The summed E-state index contributed by atoms with van der Waals surface area (Å²) in [7, 11) is 1.68. The molecule has 1 atom stereocenters. The molecule has 0 aliphatic carbocycles. The number of nitrogens with zero attached hydrogens (tertiary/aromatic N) is 1. The topological polar surface area (TPSA) is 36.4 Å². The van der Waals surface area contributed by atoms with Crippen LogP contribution in [0.25, 0.3) is 0 Å². The van der Waals surface area contributed by atoms with Crippen LogP contribution >= 0.6 is 11.3 Å². The average molecular weight is 337 g/mol. The lowest BCUT2D eigenvalue weighted by Gasteiger charge is -2.15. The predicted octanol–water partition coefficient (Wildman–Crippen LogP) is 3.54. The number of guanidine groups is 1. The number of hydrogen-bond donors (Lipinski definition) is 2. The zero-order valence-corrected chi connectivity index (χ0v) is 14.1. The van der Waals surface area contributed by atoms with E-state index in [1.807, 2.05) is 6.07 Å². The van der Waals surface area contributed by atoms with Crippen LogP contribution in [0.15, 0.2) is 40.7 Å². The average Bonchev–Trinajstić information content (AvgIpc) is 3.07. The van der Waals surface area contributed by atoms with Crippen LogP contribution in [0.2, 0.25) is 0 Å². The Bertz CT molecular complexity index is 621. The van der Waals surface area contributed by atoms with Gasteiger partial charge >= 0.3 is 0 Å². The molecule has 0 spiro atoms. The summed E-state index contributed by atoms with van der Waals surface area (Å²) in [5.41, 5.74) is 0.0995. The second-order valence-corrected chi connectivity index (χ2v) is 6.23. The van der Waals surface area contributed by atoms with Gasteiger partial charge in [0.15, 0.2) is 5.96 Å². The van der Waals surface area contributed by atoms with Crippen LogP contribution in [0.4, 0.5) is 8.78 Å². The van der Waals surface area contributed by atoms with Gasteiger partial charge in [-0.1, -0.05) is 19.1 Å². The molecule has 1 aromatic heterocycles.